The maximum Gasteiger partial charge on any atom is 0.348 e. The zero-order valence-corrected chi connectivity index (χ0v) is 16.1. The van der Waals surface area contributed by atoms with Crippen LogP contribution >= 0.6 is 11.3 Å². The van der Waals surface area contributed by atoms with E-state index in [1.54, 1.807) is 13.8 Å². The fourth-order valence-corrected chi connectivity index (χ4v) is 3.80. The van der Waals surface area contributed by atoms with E-state index < -0.39 is 11.9 Å². The third-order valence-corrected chi connectivity index (χ3v) is 5.14. The first-order valence-electron chi connectivity index (χ1n) is 8.20. The molecule has 6 nitrogen and oxygen atoms in total. The predicted octanol–water partition coefficient (Wildman–Crippen LogP) is 3.13. The van der Waals surface area contributed by atoms with Crippen molar-refractivity contribution in [1.82, 2.24) is 0 Å². The molecule has 0 radical (unpaired) electrons. The highest BCUT2D eigenvalue weighted by Gasteiger charge is 2.25. The number of amides is 2. The van der Waals surface area contributed by atoms with Gasteiger partial charge in [0.25, 0.3) is 5.91 Å². The highest BCUT2D eigenvalue weighted by atomic mass is 32.1. The second-order valence-electron chi connectivity index (χ2n) is 6.00. The van der Waals surface area contributed by atoms with Crippen LogP contribution in [-0.2, 0) is 16.0 Å². The molecular weight excluding hydrogens is 352 g/mol. The number of benzene rings is 1. The summed E-state index contributed by atoms with van der Waals surface area (Å²) in [6, 6.07) is 5.85. The first-order chi connectivity index (χ1) is 12.2. The summed E-state index contributed by atoms with van der Waals surface area (Å²) in [7, 11) is 0. The van der Waals surface area contributed by atoms with Gasteiger partial charge < -0.3 is 15.8 Å². The number of carbonyl (C=O) groups is 3. The topological polar surface area (TPSA) is 98.5 Å². The molecule has 1 heterocycles. The number of esters is 1. The third-order valence-electron chi connectivity index (χ3n) is 3.96. The van der Waals surface area contributed by atoms with Crippen LogP contribution in [0.3, 0.4) is 0 Å². The van der Waals surface area contributed by atoms with Crippen molar-refractivity contribution in [2.24, 2.45) is 5.73 Å². The largest absolute Gasteiger partial charge is 0.462 e. The number of nitrogens with one attached hydrogen (secondary N) is 1. The Balaban J connectivity index is 2.27. The van der Waals surface area contributed by atoms with Gasteiger partial charge in [-0.2, -0.15) is 0 Å². The van der Waals surface area contributed by atoms with E-state index in [0.29, 0.717) is 5.56 Å². The maximum atomic E-state index is 12.4. The number of thiophene rings is 1. The summed E-state index contributed by atoms with van der Waals surface area (Å²) in [5.41, 5.74) is 9.04. The van der Waals surface area contributed by atoms with Crippen LogP contribution in [0.15, 0.2) is 18.2 Å². The van der Waals surface area contributed by atoms with Gasteiger partial charge in [-0.25, -0.2) is 4.79 Å². The quantitative estimate of drug-likeness (QED) is 0.759. The molecule has 0 spiro atoms. The Morgan fingerprint density at radius 1 is 1.19 bits per heavy atom. The molecule has 2 aromatic rings. The molecule has 1 aromatic heterocycles. The Hall–Kier alpha value is -2.67. The molecule has 0 unspecified atom stereocenters. The lowest BCUT2D eigenvalue weighted by atomic mass is 10.0. The van der Waals surface area contributed by atoms with Crippen LogP contribution in [0.2, 0.25) is 0 Å². The van der Waals surface area contributed by atoms with Gasteiger partial charge in [-0.3, -0.25) is 9.59 Å². The standard InChI is InChI=1S/C19H22N2O4S/c1-5-25-19(24)16-12(4)15(17(20)23)18(26-16)21-14(22)9-13-7-6-10(2)8-11(13)3/h6-8H,5,9H2,1-4H3,(H2,20,23)(H,21,22). The summed E-state index contributed by atoms with van der Waals surface area (Å²) in [6.45, 7) is 7.46. The van der Waals surface area contributed by atoms with Crippen molar-refractivity contribution in [3.63, 3.8) is 0 Å². The minimum atomic E-state index is -0.698. The number of hydrogen-bond acceptors (Lipinski definition) is 5. The maximum absolute atomic E-state index is 12.4. The van der Waals surface area contributed by atoms with Gasteiger partial charge in [-0.15, -0.1) is 11.3 Å². The zero-order valence-electron chi connectivity index (χ0n) is 15.3. The van der Waals surface area contributed by atoms with Crippen molar-refractivity contribution in [2.45, 2.75) is 34.1 Å². The van der Waals surface area contributed by atoms with Gasteiger partial charge in [0.2, 0.25) is 5.91 Å². The van der Waals surface area contributed by atoms with Crippen LogP contribution in [0.25, 0.3) is 0 Å². The molecule has 1 aromatic carbocycles. The predicted molar refractivity (Wildman–Crippen MR) is 102 cm³/mol. The number of anilines is 1. The second-order valence-corrected chi connectivity index (χ2v) is 7.02. The lowest BCUT2D eigenvalue weighted by molar-refractivity contribution is -0.115. The van der Waals surface area contributed by atoms with Gasteiger partial charge >= 0.3 is 5.97 Å². The van der Waals surface area contributed by atoms with Crippen LogP contribution in [0.1, 0.15) is 49.2 Å². The molecule has 0 aliphatic carbocycles. The highest BCUT2D eigenvalue weighted by molar-refractivity contribution is 7.18. The molecule has 2 amide bonds. The molecule has 7 heteroatoms. The van der Waals surface area contributed by atoms with E-state index in [-0.39, 0.29) is 34.4 Å². The minimum Gasteiger partial charge on any atom is -0.462 e. The first kappa shape index (κ1) is 19.7. The lowest BCUT2D eigenvalue weighted by Gasteiger charge is -2.08. The molecule has 3 N–H and O–H groups in total. The van der Waals surface area contributed by atoms with E-state index in [1.165, 1.54) is 0 Å². The second kappa shape index (κ2) is 8.14. The first-order valence-corrected chi connectivity index (χ1v) is 9.02. The summed E-state index contributed by atoms with van der Waals surface area (Å²) in [4.78, 5) is 36.5. The average molecular weight is 374 g/mol. The van der Waals surface area contributed by atoms with Crippen LogP contribution < -0.4 is 11.1 Å². The van der Waals surface area contributed by atoms with Crippen LogP contribution in [-0.4, -0.2) is 24.4 Å². The van der Waals surface area contributed by atoms with Crippen LogP contribution in [0, 0.1) is 20.8 Å². The van der Waals surface area contributed by atoms with Crippen LogP contribution in [0.4, 0.5) is 5.00 Å². The minimum absolute atomic E-state index is 0.145. The Morgan fingerprint density at radius 2 is 1.88 bits per heavy atom. The van der Waals surface area contributed by atoms with Gasteiger partial charge in [-0.1, -0.05) is 23.8 Å². The third kappa shape index (κ3) is 4.29. The molecule has 138 valence electrons. The summed E-state index contributed by atoms with van der Waals surface area (Å²) < 4.78 is 4.99. The molecular formula is C19H22N2O4S. The van der Waals surface area contributed by atoms with E-state index in [0.717, 1.165) is 28.0 Å². The van der Waals surface area contributed by atoms with Crippen molar-refractivity contribution in [3.8, 4) is 0 Å². The zero-order chi connectivity index (χ0) is 19.4. The Morgan fingerprint density at radius 3 is 2.46 bits per heavy atom. The number of primary amides is 1. The number of aryl methyl sites for hydroxylation is 2. The number of hydrogen-bond donors (Lipinski definition) is 2. The fourth-order valence-electron chi connectivity index (χ4n) is 2.68. The van der Waals surface area contributed by atoms with E-state index in [1.807, 2.05) is 32.0 Å². The lowest BCUT2D eigenvalue weighted by Crippen LogP contribution is -2.19. The number of rotatable bonds is 6. The van der Waals surface area contributed by atoms with E-state index >= 15 is 0 Å². The van der Waals surface area contributed by atoms with E-state index in [9.17, 15) is 14.4 Å². The molecule has 26 heavy (non-hydrogen) atoms. The summed E-state index contributed by atoms with van der Waals surface area (Å²) in [5, 5.41) is 2.98. The number of ether oxygens (including phenoxy) is 1. The Labute approximate surface area is 156 Å². The summed E-state index contributed by atoms with van der Waals surface area (Å²) in [5.74, 6) is -1.51. The molecule has 0 aliphatic rings. The van der Waals surface area contributed by atoms with Gasteiger partial charge in [0.15, 0.2) is 0 Å². The summed E-state index contributed by atoms with van der Waals surface area (Å²) >= 11 is 1.00. The molecule has 0 fully saturated rings. The van der Waals surface area contributed by atoms with Gasteiger partial charge in [0.1, 0.15) is 9.88 Å². The molecule has 0 saturated carbocycles. The van der Waals surface area contributed by atoms with Crippen molar-refractivity contribution in [3.05, 3.63) is 50.9 Å². The normalized spacial score (nSPS) is 10.5. The van der Waals surface area contributed by atoms with Crippen molar-refractivity contribution in [1.29, 1.82) is 0 Å². The molecule has 0 saturated heterocycles. The average Bonchev–Trinajstić information content (AvgIpc) is 2.86. The van der Waals surface area contributed by atoms with Gasteiger partial charge in [-0.05, 0) is 44.4 Å². The highest BCUT2D eigenvalue weighted by Crippen LogP contribution is 2.33. The Kier molecular flexibility index (Phi) is 6.15. The van der Waals surface area contributed by atoms with Crippen molar-refractivity contribution < 1.29 is 19.1 Å². The van der Waals surface area contributed by atoms with Crippen LogP contribution in [0.5, 0.6) is 0 Å². The van der Waals surface area contributed by atoms with Crippen molar-refractivity contribution in [2.75, 3.05) is 11.9 Å². The fraction of sp³-hybridized carbons (Fsp3) is 0.316. The van der Waals surface area contributed by atoms with Gasteiger partial charge in [0.05, 0.1) is 18.6 Å². The molecule has 2 rings (SSSR count). The monoisotopic (exact) mass is 374 g/mol. The van der Waals surface area contributed by atoms with Crippen molar-refractivity contribution >= 4 is 34.1 Å². The molecule has 0 bridgehead atoms. The number of nitrogens with two attached hydrogens (primary N) is 1. The Bertz CT molecular complexity index is 871. The van der Waals surface area contributed by atoms with E-state index in [4.69, 9.17) is 10.5 Å². The summed E-state index contributed by atoms with van der Waals surface area (Å²) in [6.07, 6.45) is 0.163. The number of carbonyl (C=O) groups excluding carboxylic acids is 3. The molecule has 0 atom stereocenters. The SMILES string of the molecule is CCOC(=O)c1sc(NC(=O)Cc2ccc(C)cc2C)c(C(N)=O)c1C. The molecule has 0 aliphatic heterocycles. The van der Waals surface area contributed by atoms with E-state index in [2.05, 4.69) is 5.32 Å². The smallest absolute Gasteiger partial charge is 0.348 e. The van der Waals surface area contributed by atoms with Gasteiger partial charge in [0, 0.05) is 0 Å².